The fourth-order valence-electron chi connectivity index (χ4n) is 2.33. The molecule has 0 fully saturated rings. The Morgan fingerprint density at radius 3 is 2.90 bits per heavy atom. The van der Waals surface area contributed by atoms with Crippen molar-refractivity contribution in [2.24, 2.45) is 5.73 Å². The predicted octanol–water partition coefficient (Wildman–Crippen LogP) is 2.47. The fraction of sp³-hybridized carbons (Fsp3) is 0.375. The van der Waals surface area contributed by atoms with E-state index in [1.165, 1.54) is 5.57 Å². The van der Waals surface area contributed by atoms with Gasteiger partial charge in [0.2, 0.25) is 5.91 Å². The SMILES string of the molecule is CC1=C(/C=C(\C)c2cncc(CN)c2)CCC(=O)N1C. The van der Waals surface area contributed by atoms with E-state index in [4.69, 9.17) is 5.73 Å². The lowest BCUT2D eigenvalue weighted by atomic mass is 9.98. The van der Waals surface area contributed by atoms with Crippen LogP contribution in [0.15, 0.2) is 35.8 Å². The van der Waals surface area contributed by atoms with E-state index in [2.05, 4.69) is 24.1 Å². The zero-order chi connectivity index (χ0) is 14.7. The minimum Gasteiger partial charge on any atom is -0.326 e. The van der Waals surface area contributed by atoms with E-state index in [1.54, 1.807) is 11.1 Å². The summed E-state index contributed by atoms with van der Waals surface area (Å²) in [5.41, 5.74) is 11.1. The van der Waals surface area contributed by atoms with Gasteiger partial charge in [-0.25, -0.2) is 0 Å². The summed E-state index contributed by atoms with van der Waals surface area (Å²) in [4.78, 5) is 17.6. The van der Waals surface area contributed by atoms with E-state index in [0.29, 0.717) is 13.0 Å². The summed E-state index contributed by atoms with van der Waals surface area (Å²) in [6.07, 6.45) is 7.16. The Labute approximate surface area is 120 Å². The van der Waals surface area contributed by atoms with E-state index in [-0.39, 0.29) is 5.91 Å². The molecule has 0 radical (unpaired) electrons. The van der Waals surface area contributed by atoms with Crippen molar-refractivity contribution < 1.29 is 4.79 Å². The van der Waals surface area contributed by atoms with Crippen LogP contribution in [0.1, 0.15) is 37.8 Å². The number of nitrogens with zero attached hydrogens (tertiary/aromatic N) is 2. The van der Waals surface area contributed by atoms with Crippen molar-refractivity contribution in [2.75, 3.05) is 7.05 Å². The van der Waals surface area contributed by atoms with Gasteiger partial charge in [-0.2, -0.15) is 0 Å². The highest BCUT2D eigenvalue weighted by molar-refractivity contribution is 5.80. The number of carbonyl (C=O) groups is 1. The summed E-state index contributed by atoms with van der Waals surface area (Å²) in [5, 5.41) is 0. The molecule has 1 amide bonds. The molecule has 0 saturated heterocycles. The molecule has 2 N–H and O–H groups in total. The third-order valence-corrected chi connectivity index (χ3v) is 3.83. The van der Waals surface area contributed by atoms with Crippen LogP contribution in [0.4, 0.5) is 0 Å². The van der Waals surface area contributed by atoms with Gasteiger partial charge in [0.05, 0.1) is 0 Å². The summed E-state index contributed by atoms with van der Waals surface area (Å²) in [6.45, 7) is 4.55. The van der Waals surface area contributed by atoms with Crippen LogP contribution < -0.4 is 5.73 Å². The maximum Gasteiger partial charge on any atom is 0.226 e. The molecule has 4 nitrogen and oxygen atoms in total. The van der Waals surface area contributed by atoms with Gasteiger partial charge in [-0.3, -0.25) is 9.78 Å². The normalized spacial score (nSPS) is 16.9. The molecule has 2 heterocycles. The molecule has 20 heavy (non-hydrogen) atoms. The first-order valence-corrected chi connectivity index (χ1v) is 6.82. The van der Waals surface area contributed by atoms with E-state index in [0.717, 1.165) is 28.8 Å². The number of nitrogens with two attached hydrogens (primary N) is 1. The van der Waals surface area contributed by atoms with E-state index < -0.39 is 0 Å². The third-order valence-electron chi connectivity index (χ3n) is 3.83. The summed E-state index contributed by atoms with van der Waals surface area (Å²) >= 11 is 0. The molecule has 0 unspecified atom stereocenters. The molecule has 0 saturated carbocycles. The van der Waals surface area contributed by atoms with Crippen molar-refractivity contribution in [2.45, 2.75) is 33.2 Å². The van der Waals surface area contributed by atoms with Crippen LogP contribution in [0.25, 0.3) is 5.57 Å². The van der Waals surface area contributed by atoms with Gasteiger partial charge in [0.15, 0.2) is 0 Å². The maximum atomic E-state index is 11.6. The standard InChI is InChI=1S/C16H21N3O/c1-11(15-7-13(8-17)9-18-10-15)6-14-4-5-16(20)19(3)12(14)2/h6-7,9-10H,4-5,8,17H2,1-3H3/b11-6+. The van der Waals surface area contributed by atoms with Crippen molar-refractivity contribution in [1.29, 1.82) is 0 Å². The van der Waals surface area contributed by atoms with Gasteiger partial charge in [-0.15, -0.1) is 0 Å². The molecule has 1 aliphatic rings. The molecule has 106 valence electrons. The van der Waals surface area contributed by atoms with Crippen molar-refractivity contribution in [3.05, 3.63) is 46.9 Å². The van der Waals surface area contributed by atoms with Crippen LogP contribution in [-0.2, 0) is 11.3 Å². The highest BCUT2D eigenvalue weighted by Gasteiger charge is 2.19. The number of rotatable bonds is 3. The first-order valence-electron chi connectivity index (χ1n) is 6.82. The Kier molecular flexibility index (Phi) is 4.35. The molecular formula is C16H21N3O. The van der Waals surface area contributed by atoms with Gasteiger partial charge in [0, 0.05) is 38.1 Å². The van der Waals surface area contributed by atoms with Gasteiger partial charge in [-0.1, -0.05) is 6.08 Å². The Bertz CT molecular complexity index is 587. The average Bonchev–Trinajstić information content (AvgIpc) is 2.48. The topological polar surface area (TPSA) is 59.2 Å². The molecule has 1 aromatic rings. The number of allylic oxidation sites excluding steroid dienone is 4. The molecule has 1 aliphatic heterocycles. The monoisotopic (exact) mass is 271 g/mol. The Morgan fingerprint density at radius 1 is 1.45 bits per heavy atom. The summed E-state index contributed by atoms with van der Waals surface area (Å²) in [6, 6.07) is 2.06. The molecular weight excluding hydrogens is 250 g/mol. The number of carbonyl (C=O) groups excluding carboxylic acids is 1. The minimum absolute atomic E-state index is 0.184. The van der Waals surface area contributed by atoms with Crippen LogP contribution in [0.5, 0.6) is 0 Å². The van der Waals surface area contributed by atoms with Gasteiger partial charge in [-0.05, 0) is 48.6 Å². The van der Waals surface area contributed by atoms with Gasteiger partial charge >= 0.3 is 0 Å². The molecule has 1 aromatic heterocycles. The summed E-state index contributed by atoms with van der Waals surface area (Å²) < 4.78 is 0. The van der Waals surface area contributed by atoms with Crippen LogP contribution >= 0.6 is 0 Å². The summed E-state index contributed by atoms with van der Waals surface area (Å²) in [7, 11) is 1.83. The molecule has 2 rings (SSSR count). The van der Waals surface area contributed by atoms with Gasteiger partial charge < -0.3 is 10.6 Å². The van der Waals surface area contributed by atoms with E-state index >= 15 is 0 Å². The second-order valence-electron chi connectivity index (χ2n) is 5.18. The van der Waals surface area contributed by atoms with Crippen LogP contribution in [-0.4, -0.2) is 22.8 Å². The van der Waals surface area contributed by atoms with Gasteiger partial charge in [0.1, 0.15) is 0 Å². The van der Waals surface area contributed by atoms with Crippen molar-refractivity contribution in [1.82, 2.24) is 9.88 Å². The maximum absolute atomic E-state index is 11.6. The number of pyridine rings is 1. The van der Waals surface area contributed by atoms with E-state index in [1.807, 2.05) is 20.2 Å². The predicted molar refractivity (Wildman–Crippen MR) is 80.5 cm³/mol. The Morgan fingerprint density at radius 2 is 2.20 bits per heavy atom. The zero-order valence-electron chi connectivity index (χ0n) is 12.3. The molecule has 0 bridgehead atoms. The second-order valence-corrected chi connectivity index (χ2v) is 5.18. The first kappa shape index (κ1) is 14.5. The molecule has 0 aromatic carbocycles. The zero-order valence-corrected chi connectivity index (χ0v) is 12.3. The quantitative estimate of drug-likeness (QED) is 0.918. The first-order chi connectivity index (χ1) is 9.52. The molecule has 0 atom stereocenters. The van der Waals surface area contributed by atoms with Crippen LogP contribution in [0.3, 0.4) is 0 Å². The number of hydrogen-bond donors (Lipinski definition) is 1. The Balaban J connectivity index is 2.32. The molecule has 4 heteroatoms. The fourth-order valence-corrected chi connectivity index (χ4v) is 2.33. The third kappa shape index (κ3) is 2.96. The molecule has 0 aliphatic carbocycles. The highest BCUT2D eigenvalue weighted by Crippen LogP contribution is 2.26. The number of amides is 1. The summed E-state index contributed by atoms with van der Waals surface area (Å²) in [5.74, 6) is 0.184. The molecule has 0 spiro atoms. The smallest absolute Gasteiger partial charge is 0.226 e. The second kappa shape index (κ2) is 6.01. The highest BCUT2D eigenvalue weighted by atomic mass is 16.2. The van der Waals surface area contributed by atoms with Crippen molar-refractivity contribution >= 4 is 11.5 Å². The van der Waals surface area contributed by atoms with Gasteiger partial charge in [0.25, 0.3) is 0 Å². The van der Waals surface area contributed by atoms with E-state index in [9.17, 15) is 4.79 Å². The number of hydrogen-bond acceptors (Lipinski definition) is 3. The van der Waals surface area contributed by atoms with Crippen molar-refractivity contribution in [3.8, 4) is 0 Å². The average molecular weight is 271 g/mol. The lowest BCUT2D eigenvalue weighted by Crippen LogP contribution is -2.29. The van der Waals surface area contributed by atoms with Crippen molar-refractivity contribution in [3.63, 3.8) is 0 Å². The number of aromatic nitrogens is 1. The Hall–Kier alpha value is -1.94. The van der Waals surface area contributed by atoms with Crippen LogP contribution in [0.2, 0.25) is 0 Å². The van der Waals surface area contributed by atoms with Crippen LogP contribution in [0, 0.1) is 0 Å². The largest absolute Gasteiger partial charge is 0.326 e. The lowest BCUT2D eigenvalue weighted by Gasteiger charge is -2.25. The lowest BCUT2D eigenvalue weighted by molar-refractivity contribution is -0.128. The minimum atomic E-state index is 0.184.